The Morgan fingerprint density at radius 3 is 2.59 bits per heavy atom. The van der Waals surface area contributed by atoms with Crippen molar-refractivity contribution in [3.8, 4) is 11.3 Å². The van der Waals surface area contributed by atoms with Gasteiger partial charge in [-0.25, -0.2) is 0 Å². The van der Waals surface area contributed by atoms with Crippen molar-refractivity contribution in [1.29, 1.82) is 0 Å². The molecule has 1 saturated heterocycles. The zero-order chi connectivity index (χ0) is 18.6. The summed E-state index contributed by atoms with van der Waals surface area (Å²) < 4.78 is 5.39. The van der Waals surface area contributed by atoms with Gasteiger partial charge in [-0.15, -0.1) is 24.8 Å². The molecule has 0 spiro atoms. The van der Waals surface area contributed by atoms with Gasteiger partial charge in [-0.3, -0.25) is 9.78 Å². The molecule has 154 valence electrons. The number of halogens is 2. The van der Waals surface area contributed by atoms with E-state index in [2.05, 4.69) is 46.6 Å². The molecule has 29 heavy (non-hydrogen) atoms. The first-order valence-corrected chi connectivity index (χ1v) is 9.24. The van der Waals surface area contributed by atoms with Crippen LogP contribution in [0, 0.1) is 0 Å². The number of pyridine rings is 1. The second-order valence-electron chi connectivity index (χ2n) is 6.63. The molecule has 1 amide bonds. The summed E-state index contributed by atoms with van der Waals surface area (Å²) >= 11 is 0. The first-order valence-electron chi connectivity index (χ1n) is 9.24. The van der Waals surface area contributed by atoms with Crippen molar-refractivity contribution in [2.75, 3.05) is 19.6 Å². The number of nitrogens with zero attached hydrogens (tertiary/aromatic N) is 3. The molecule has 3 aromatic rings. The van der Waals surface area contributed by atoms with Crippen LogP contribution in [0.3, 0.4) is 0 Å². The zero-order valence-corrected chi connectivity index (χ0v) is 17.7. The van der Waals surface area contributed by atoms with Crippen LogP contribution in [0.2, 0.25) is 0 Å². The molecule has 1 aliphatic rings. The number of carbonyl (C=O) groups excluding carboxylic acids is 1. The van der Waals surface area contributed by atoms with Crippen molar-refractivity contribution in [3.05, 3.63) is 71.7 Å². The minimum Gasteiger partial charge on any atom is -0.355 e. The average Bonchev–Trinajstić information content (AvgIpc) is 3.24. The summed E-state index contributed by atoms with van der Waals surface area (Å²) in [5.74, 6) is 0.463. The molecule has 3 heterocycles. The van der Waals surface area contributed by atoms with Gasteiger partial charge in [0.2, 0.25) is 0 Å². The van der Waals surface area contributed by atoms with Gasteiger partial charge in [0.15, 0.2) is 11.5 Å². The summed E-state index contributed by atoms with van der Waals surface area (Å²) in [6.07, 6.45) is 4.37. The van der Waals surface area contributed by atoms with Crippen LogP contribution < -0.4 is 5.32 Å². The second kappa shape index (κ2) is 10.4. The quantitative estimate of drug-likeness (QED) is 0.673. The summed E-state index contributed by atoms with van der Waals surface area (Å²) in [6, 6.07) is 13.8. The number of aryl methyl sites for hydroxylation is 1. The number of carbonyl (C=O) groups is 1. The van der Waals surface area contributed by atoms with E-state index in [-0.39, 0.29) is 36.8 Å². The SMILES string of the molecule is CCc1ccc(C2CNCCN2C(=O)c2cc(-c3ccncc3)on2)cc1.Cl.Cl. The fraction of sp³-hybridized carbons (Fsp3) is 0.286. The number of hydrogen-bond acceptors (Lipinski definition) is 5. The molecule has 1 aliphatic heterocycles. The van der Waals surface area contributed by atoms with Crippen molar-refractivity contribution in [3.63, 3.8) is 0 Å². The monoisotopic (exact) mass is 434 g/mol. The molecule has 0 saturated carbocycles. The first kappa shape index (κ1) is 22.9. The van der Waals surface area contributed by atoms with Crippen LogP contribution >= 0.6 is 24.8 Å². The Hall–Kier alpha value is -2.41. The van der Waals surface area contributed by atoms with Gasteiger partial charge in [-0.1, -0.05) is 36.3 Å². The predicted molar refractivity (Wildman–Crippen MR) is 117 cm³/mol. The van der Waals surface area contributed by atoms with E-state index in [9.17, 15) is 4.79 Å². The number of amides is 1. The molecule has 1 atom stereocenters. The van der Waals surface area contributed by atoms with Crippen molar-refractivity contribution >= 4 is 30.7 Å². The van der Waals surface area contributed by atoms with E-state index in [4.69, 9.17) is 4.52 Å². The molecular formula is C21H24Cl2N4O2. The third kappa shape index (κ3) is 4.96. The van der Waals surface area contributed by atoms with E-state index in [1.165, 1.54) is 5.56 Å². The van der Waals surface area contributed by atoms with E-state index < -0.39 is 0 Å². The minimum atomic E-state index is -0.106. The maximum absolute atomic E-state index is 13.1. The Morgan fingerprint density at radius 1 is 1.17 bits per heavy atom. The van der Waals surface area contributed by atoms with Crippen LogP contribution in [0.15, 0.2) is 59.4 Å². The summed E-state index contributed by atoms with van der Waals surface area (Å²) in [5, 5.41) is 7.40. The number of aromatic nitrogens is 2. The van der Waals surface area contributed by atoms with Gasteiger partial charge in [0, 0.05) is 43.7 Å². The molecule has 1 unspecified atom stereocenters. The molecule has 0 radical (unpaired) electrons. The summed E-state index contributed by atoms with van der Waals surface area (Å²) in [5.41, 5.74) is 3.60. The highest BCUT2D eigenvalue weighted by Gasteiger charge is 2.30. The first-order chi connectivity index (χ1) is 13.3. The lowest BCUT2D eigenvalue weighted by Gasteiger charge is -2.36. The van der Waals surface area contributed by atoms with E-state index in [0.29, 0.717) is 18.0 Å². The standard InChI is InChI=1S/C21H22N4O2.2ClH/c1-2-15-3-5-16(6-4-15)19-14-23-11-12-25(19)21(26)18-13-20(27-24-18)17-7-9-22-10-8-17;;/h3-10,13,19,23H,2,11-12,14H2,1H3;2*1H. The molecule has 6 nitrogen and oxygen atoms in total. The highest BCUT2D eigenvalue weighted by molar-refractivity contribution is 5.93. The lowest BCUT2D eigenvalue weighted by molar-refractivity contribution is 0.0624. The van der Waals surface area contributed by atoms with Gasteiger partial charge in [0.05, 0.1) is 6.04 Å². The molecule has 8 heteroatoms. The number of piperazine rings is 1. The average molecular weight is 435 g/mol. The third-order valence-electron chi connectivity index (χ3n) is 4.97. The highest BCUT2D eigenvalue weighted by Crippen LogP contribution is 2.26. The molecular weight excluding hydrogens is 411 g/mol. The van der Waals surface area contributed by atoms with Gasteiger partial charge in [0.25, 0.3) is 5.91 Å². The third-order valence-corrected chi connectivity index (χ3v) is 4.97. The van der Waals surface area contributed by atoms with Crippen molar-refractivity contribution in [2.24, 2.45) is 0 Å². The molecule has 2 aromatic heterocycles. The van der Waals surface area contributed by atoms with E-state index in [1.807, 2.05) is 17.0 Å². The largest absolute Gasteiger partial charge is 0.355 e. The van der Waals surface area contributed by atoms with E-state index in [0.717, 1.165) is 30.6 Å². The molecule has 1 aromatic carbocycles. The molecule has 0 bridgehead atoms. The minimum absolute atomic E-state index is 0. The van der Waals surface area contributed by atoms with Crippen LogP contribution in [0.4, 0.5) is 0 Å². The van der Waals surface area contributed by atoms with Crippen molar-refractivity contribution < 1.29 is 9.32 Å². The van der Waals surface area contributed by atoms with Gasteiger partial charge in [0.1, 0.15) is 0 Å². The number of benzene rings is 1. The van der Waals surface area contributed by atoms with Crippen molar-refractivity contribution in [1.82, 2.24) is 20.4 Å². The second-order valence-corrected chi connectivity index (χ2v) is 6.63. The van der Waals surface area contributed by atoms with Crippen LogP contribution in [-0.2, 0) is 6.42 Å². The topological polar surface area (TPSA) is 71.3 Å². The molecule has 0 aliphatic carbocycles. The highest BCUT2D eigenvalue weighted by atomic mass is 35.5. The Labute approximate surface area is 182 Å². The fourth-order valence-electron chi connectivity index (χ4n) is 3.40. The lowest BCUT2D eigenvalue weighted by Crippen LogP contribution is -2.48. The van der Waals surface area contributed by atoms with Crippen LogP contribution in [0.5, 0.6) is 0 Å². The number of hydrogen-bond donors (Lipinski definition) is 1. The maximum Gasteiger partial charge on any atom is 0.276 e. The Balaban J connectivity index is 0.00000150. The fourth-order valence-corrected chi connectivity index (χ4v) is 3.40. The van der Waals surface area contributed by atoms with Crippen molar-refractivity contribution in [2.45, 2.75) is 19.4 Å². The maximum atomic E-state index is 13.1. The Kier molecular flexibility index (Phi) is 8.20. The zero-order valence-electron chi connectivity index (χ0n) is 16.1. The number of nitrogens with one attached hydrogen (secondary N) is 1. The van der Waals surface area contributed by atoms with Crippen LogP contribution in [0.25, 0.3) is 11.3 Å². The van der Waals surface area contributed by atoms with Gasteiger partial charge >= 0.3 is 0 Å². The summed E-state index contributed by atoms with van der Waals surface area (Å²) in [6.45, 7) is 4.27. The van der Waals surface area contributed by atoms with Gasteiger partial charge < -0.3 is 14.7 Å². The smallest absolute Gasteiger partial charge is 0.276 e. The molecule has 1 fully saturated rings. The van der Waals surface area contributed by atoms with E-state index >= 15 is 0 Å². The Bertz CT molecular complexity index is 916. The lowest BCUT2D eigenvalue weighted by atomic mass is 10.0. The molecule has 1 N–H and O–H groups in total. The summed E-state index contributed by atoms with van der Waals surface area (Å²) in [4.78, 5) is 19.0. The van der Waals surface area contributed by atoms with Crippen LogP contribution in [0.1, 0.15) is 34.6 Å². The van der Waals surface area contributed by atoms with Gasteiger partial charge in [-0.05, 0) is 29.7 Å². The number of rotatable bonds is 4. The molecule has 4 rings (SSSR count). The Morgan fingerprint density at radius 2 is 1.90 bits per heavy atom. The summed E-state index contributed by atoms with van der Waals surface area (Å²) in [7, 11) is 0. The van der Waals surface area contributed by atoms with Gasteiger partial charge in [-0.2, -0.15) is 0 Å². The normalized spacial score (nSPS) is 15.9. The van der Waals surface area contributed by atoms with E-state index in [1.54, 1.807) is 18.5 Å². The van der Waals surface area contributed by atoms with Crippen LogP contribution in [-0.4, -0.2) is 40.6 Å². The predicted octanol–water partition coefficient (Wildman–Crippen LogP) is 3.93.